The number of carbonyl (C=O) groups is 2. The molecule has 0 radical (unpaired) electrons. The molecule has 2 aromatic rings. The van der Waals surface area contributed by atoms with Crippen molar-refractivity contribution < 1.29 is 14.3 Å². The number of halogens is 1. The summed E-state index contributed by atoms with van der Waals surface area (Å²) in [4.78, 5) is 22.4. The van der Waals surface area contributed by atoms with Crippen molar-refractivity contribution in [3.8, 4) is 5.69 Å². The van der Waals surface area contributed by atoms with Crippen LogP contribution in [0.15, 0.2) is 36.5 Å². The number of carbonyl (C=O) groups excluding carboxylic acids is 2. The molecule has 0 spiro atoms. The van der Waals surface area contributed by atoms with E-state index in [2.05, 4.69) is 4.74 Å². The maximum absolute atomic E-state index is 11.6. The van der Waals surface area contributed by atoms with Gasteiger partial charge in [0.15, 0.2) is 6.29 Å². The zero-order valence-electron chi connectivity index (χ0n) is 9.59. The Bertz CT molecular complexity index is 604. The van der Waals surface area contributed by atoms with Crippen LogP contribution in [0.1, 0.15) is 20.8 Å². The van der Waals surface area contributed by atoms with Gasteiger partial charge in [0.25, 0.3) is 0 Å². The maximum Gasteiger partial charge on any atom is 0.355 e. The lowest BCUT2D eigenvalue weighted by molar-refractivity contribution is 0.0591. The molecule has 0 aliphatic heterocycles. The fourth-order valence-electron chi connectivity index (χ4n) is 1.66. The monoisotopic (exact) mass is 263 g/mol. The van der Waals surface area contributed by atoms with E-state index in [0.717, 1.165) is 0 Å². The van der Waals surface area contributed by atoms with Gasteiger partial charge in [-0.1, -0.05) is 23.7 Å². The maximum atomic E-state index is 11.6. The van der Waals surface area contributed by atoms with E-state index < -0.39 is 5.97 Å². The predicted molar refractivity (Wildman–Crippen MR) is 67.5 cm³/mol. The van der Waals surface area contributed by atoms with Gasteiger partial charge in [-0.05, 0) is 18.2 Å². The zero-order valence-corrected chi connectivity index (χ0v) is 10.3. The van der Waals surface area contributed by atoms with E-state index in [1.54, 1.807) is 30.5 Å². The van der Waals surface area contributed by atoms with Crippen molar-refractivity contribution in [1.29, 1.82) is 0 Å². The van der Waals surface area contributed by atoms with E-state index in [9.17, 15) is 9.59 Å². The Labute approximate surface area is 109 Å². The number of para-hydroxylation sites is 1. The third kappa shape index (κ3) is 2.15. The Morgan fingerprint density at radius 2 is 2.11 bits per heavy atom. The van der Waals surface area contributed by atoms with Crippen molar-refractivity contribution in [2.45, 2.75) is 0 Å². The summed E-state index contributed by atoms with van der Waals surface area (Å²) in [6, 6.07) is 8.50. The van der Waals surface area contributed by atoms with Gasteiger partial charge >= 0.3 is 5.97 Å². The normalized spacial score (nSPS) is 10.1. The van der Waals surface area contributed by atoms with Crippen molar-refractivity contribution in [3.63, 3.8) is 0 Å². The molecule has 1 aromatic carbocycles. The van der Waals surface area contributed by atoms with Gasteiger partial charge in [0.05, 0.1) is 17.8 Å². The first-order valence-corrected chi connectivity index (χ1v) is 5.56. The number of hydrogen-bond acceptors (Lipinski definition) is 3. The zero-order chi connectivity index (χ0) is 13.1. The topological polar surface area (TPSA) is 48.3 Å². The van der Waals surface area contributed by atoms with Gasteiger partial charge in [-0.25, -0.2) is 4.79 Å². The Hall–Kier alpha value is -2.07. The standard InChI is InChI=1S/C13H10ClNO3/c1-18-13(17)12-6-9(8-16)7-15(12)11-5-3-2-4-10(11)14/h2-8H,1H3. The molecule has 18 heavy (non-hydrogen) atoms. The fourth-order valence-corrected chi connectivity index (χ4v) is 1.88. The molecule has 0 fully saturated rings. The van der Waals surface area contributed by atoms with Crippen molar-refractivity contribution in [2.75, 3.05) is 7.11 Å². The third-order valence-corrected chi connectivity index (χ3v) is 2.80. The fraction of sp³-hybridized carbons (Fsp3) is 0.0769. The molecule has 5 heteroatoms. The lowest BCUT2D eigenvalue weighted by atomic mass is 10.3. The van der Waals surface area contributed by atoms with Crippen LogP contribution in [0, 0.1) is 0 Å². The quantitative estimate of drug-likeness (QED) is 0.632. The largest absolute Gasteiger partial charge is 0.464 e. The molecule has 0 aliphatic rings. The molecule has 92 valence electrons. The summed E-state index contributed by atoms with van der Waals surface area (Å²) in [5.41, 5.74) is 1.26. The van der Waals surface area contributed by atoms with E-state index >= 15 is 0 Å². The van der Waals surface area contributed by atoms with E-state index in [-0.39, 0.29) is 5.69 Å². The van der Waals surface area contributed by atoms with Crippen molar-refractivity contribution in [2.24, 2.45) is 0 Å². The van der Waals surface area contributed by atoms with Gasteiger partial charge in [0, 0.05) is 11.8 Å². The Kier molecular flexibility index (Phi) is 3.48. The number of ether oxygens (including phenoxy) is 1. The molecule has 0 atom stereocenters. The van der Waals surface area contributed by atoms with Crippen LogP contribution in [0.5, 0.6) is 0 Å². The summed E-state index contributed by atoms with van der Waals surface area (Å²) in [6.07, 6.45) is 2.21. The third-order valence-electron chi connectivity index (χ3n) is 2.48. The van der Waals surface area contributed by atoms with Crippen molar-refractivity contribution >= 4 is 23.9 Å². The highest BCUT2D eigenvalue weighted by atomic mass is 35.5. The Morgan fingerprint density at radius 3 is 2.72 bits per heavy atom. The van der Waals surface area contributed by atoms with Crippen LogP contribution in [0.3, 0.4) is 0 Å². The average Bonchev–Trinajstić information content (AvgIpc) is 2.82. The first kappa shape index (κ1) is 12.4. The summed E-state index contributed by atoms with van der Waals surface area (Å²) in [5, 5.41) is 0.482. The highest BCUT2D eigenvalue weighted by Gasteiger charge is 2.16. The van der Waals surface area contributed by atoms with Gasteiger partial charge in [-0.3, -0.25) is 4.79 Å². The van der Waals surface area contributed by atoms with Gasteiger partial charge in [-0.2, -0.15) is 0 Å². The molecule has 2 rings (SSSR count). The first-order valence-electron chi connectivity index (χ1n) is 5.18. The van der Waals surface area contributed by atoms with E-state index in [4.69, 9.17) is 11.6 Å². The van der Waals surface area contributed by atoms with Crippen molar-refractivity contribution in [1.82, 2.24) is 4.57 Å². The number of benzene rings is 1. The minimum Gasteiger partial charge on any atom is -0.464 e. The number of rotatable bonds is 3. The SMILES string of the molecule is COC(=O)c1cc(C=O)cn1-c1ccccc1Cl. The molecular formula is C13H10ClNO3. The number of aromatic nitrogens is 1. The molecule has 1 aromatic heterocycles. The number of aldehydes is 1. The van der Waals surface area contributed by atoms with Gasteiger partial charge in [0.2, 0.25) is 0 Å². The summed E-state index contributed by atoms with van der Waals surface area (Å²) >= 11 is 6.07. The molecule has 4 nitrogen and oxygen atoms in total. The summed E-state index contributed by atoms with van der Waals surface area (Å²) in [7, 11) is 1.28. The number of nitrogens with zero attached hydrogens (tertiary/aromatic N) is 1. The highest BCUT2D eigenvalue weighted by Crippen LogP contribution is 2.23. The second kappa shape index (κ2) is 5.06. The minimum absolute atomic E-state index is 0.257. The van der Waals surface area contributed by atoms with Crippen LogP contribution >= 0.6 is 11.6 Å². The molecule has 0 N–H and O–H groups in total. The van der Waals surface area contributed by atoms with E-state index in [1.807, 2.05) is 0 Å². The smallest absolute Gasteiger partial charge is 0.355 e. The number of hydrogen-bond donors (Lipinski definition) is 0. The van der Waals surface area contributed by atoms with Crippen LogP contribution in [-0.2, 0) is 4.74 Å². The van der Waals surface area contributed by atoms with Crippen molar-refractivity contribution in [3.05, 3.63) is 52.8 Å². The van der Waals surface area contributed by atoms with Crippen LogP contribution in [0.2, 0.25) is 5.02 Å². The van der Waals surface area contributed by atoms with Crippen LogP contribution in [-0.4, -0.2) is 23.9 Å². The lowest BCUT2D eigenvalue weighted by Crippen LogP contribution is -2.08. The van der Waals surface area contributed by atoms with Gasteiger partial charge in [-0.15, -0.1) is 0 Å². The number of methoxy groups -OCH3 is 1. The van der Waals surface area contributed by atoms with Crippen LogP contribution < -0.4 is 0 Å². The molecule has 0 saturated carbocycles. The molecule has 0 amide bonds. The summed E-state index contributed by atoms with van der Waals surface area (Å²) < 4.78 is 6.22. The van der Waals surface area contributed by atoms with Gasteiger partial charge < -0.3 is 9.30 Å². The van der Waals surface area contributed by atoms with Crippen LogP contribution in [0.25, 0.3) is 5.69 Å². The van der Waals surface area contributed by atoms with Crippen LogP contribution in [0.4, 0.5) is 0 Å². The summed E-state index contributed by atoms with van der Waals surface area (Å²) in [5.74, 6) is -0.525. The van der Waals surface area contributed by atoms with E-state index in [0.29, 0.717) is 22.6 Å². The molecule has 1 heterocycles. The molecule has 0 bridgehead atoms. The summed E-state index contributed by atoms with van der Waals surface area (Å²) in [6.45, 7) is 0. The molecule has 0 unspecified atom stereocenters. The first-order chi connectivity index (χ1) is 8.67. The molecule has 0 saturated heterocycles. The number of esters is 1. The second-order valence-corrected chi connectivity index (χ2v) is 4.00. The van der Waals surface area contributed by atoms with E-state index in [1.165, 1.54) is 17.7 Å². The highest BCUT2D eigenvalue weighted by molar-refractivity contribution is 6.32. The molecule has 0 aliphatic carbocycles. The Morgan fingerprint density at radius 1 is 1.39 bits per heavy atom. The lowest BCUT2D eigenvalue weighted by Gasteiger charge is -2.09. The predicted octanol–water partition coefficient (Wildman–Crippen LogP) is 2.73. The van der Waals surface area contributed by atoms with Gasteiger partial charge in [0.1, 0.15) is 5.69 Å². The minimum atomic E-state index is -0.525. The average molecular weight is 264 g/mol. The second-order valence-electron chi connectivity index (χ2n) is 3.59. The molecular weight excluding hydrogens is 254 g/mol. The Balaban J connectivity index is 2.63.